The largest absolute Gasteiger partial charge is 0.378 e. The van der Waals surface area contributed by atoms with Crippen LogP contribution in [0.2, 0.25) is 0 Å². The van der Waals surface area contributed by atoms with Crippen molar-refractivity contribution in [2.24, 2.45) is 0 Å². The average Bonchev–Trinajstić information content (AvgIpc) is 3.39. The van der Waals surface area contributed by atoms with Gasteiger partial charge in [-0.1, -0.05) is 0 Å². The highest BCUT2D eigenvalue weighted by Crippen LogP contribution is 2.38. The number of aromatic nitrogens is 4. The van der Waals surface area contributed by atoms with Crippen LogP contribution in [0.15, 0.2) is 24.3 Å². The minimum Gasteiger partial charge on any atom is -0.378 e. The Morgan fingerprint density at radius 2 is 1.87 bits per heavy atom. The van der Waals surface area contributed by atoms with Crippen molar-refractivity contribution in [3.8, 4) is 10.8 Å². The van der Waals surface area contributed by atoms with Crippen LogP contribution in [0.25, 0.3) is 10.8 Å². The fourth-order valence-electron chi connectivity index (χ4n) is 4.24. The number of rotatable bonds is 3. The summed E-state index contributed by atoms with van der Waals surface area (Å²) in [7, 11) is 0. The zero-order valence-electron chi connectivity index (χ0n) is 17.4. The Labute approximate surface area is 183 Å². The molecule has 162 valence electrons. The molecule has 10 heteroatoms. The van der Waals surface area contributed by atoms with Gasteiger partial charge in [0.15, 0.2) is 16.6 Å². The zero-order valence-corrected chi connectivity index (χ0v) is 18.2. The van der Waals surface area contributed by atoms with Crippen LogP contribution in [0.4, 0.5) is 10.2 Å². The number of imidazole rings is 1. The summed E-state index contributed by atoms with van der Waals surface area (Å²) in [5, 5.41) is 0.781. The third-order valence-electron chi connectivity index (χ3n) is 5.80. The SMILES string of the molecule is Cc1nsc(-c2nc(N3CCOCC3)c3n2CCN(C(=O)c2ccc(F)cc2)C3C)n1. The van der Waals surface area contributed by atoms with Gasteiger partial charge in [-0.3, -0.25) is 4.79 Å². The number of amides is 1. The summed E-state index contributed by atoms with van der Waals surface area (Å²) >= 11 is 1.34. The van der Waals surface area contributed by atoms with Gasteiger partial charge >= 0.3 is 0 Å². The van der Waals surface area contributed by atoms with Gasteiger partial charge in [-0.05, 0) is 49.6 Å². The first-order valence-electron chi connectivity index (χ1n) is 10.3. The second kappa shape index (κ2) is 8.01. The summed E-state index contributed by atoms with van der Waals surface area (Å²) in [6, 6.07) is 5.52. The molecule has 5 rings (SSSR count). The molecule has 2 aromatic heterocycles. The second-order valence-corrected chi connectivity index (χ2v) is 8.48. The molecule has 0 saturated carbocycles. The number of carbonyl (C=O) groups is 1. The smallest absolute Gasteiger partial charge is 0.254 e. The third-order valence-corrected chi connectivity index (χ3v) is 6.60. The predicted octanol–water partition coefficient (Wildman–Crippen LogP) is 2.90. The molecule has 1 saturated heterocycles. The fraction of sp³-hybridized carbons (Fsp3) is 0.429. The molecule has 0 N–H and O–H groups in total. The minimum atomic E-state index is -0.354. The number of morpholine rings is 1. The number of anilines is 1. The van der Waals surface area contributed by atoms with E-state index in [4.69, 9.17) is 9.72 Å². The molecule has 1 amide bonds. The van der Waals surface area contributed by atoms with Gasteiger partial charge in [-0.2, -0.15) is 4.37 Å². The van der Waals surface area contributed by atoms with Crippen molar-refractivity contribution in [1.82, 2.24) is 23.8 Å². The minimum absolute atomic E-state index is 0.110. The van der Waals surface area contributed by atoms with Crippen molar-refractivity contribution >= 4 is 23.3 Å². The van der Waals surface area contributed by atoms with E-state index >= 15 is 0 Å². The molecule has 0 spiro atoms. The highest BCUT2D eigenvalue weighted by atomic mass is 32.1. The number of nitrogens with zero attached hydrogens (tertiary/aromatic N) is 6. The van der Waals surface area contributed by atoms with Gasteiger partial charge in [0.25, 0.3) is 5.91 Å². The van der Waals surface area contributed by atoms with E-state index in [0.29, 0.717) is 31.9 Å². The van der Waals surface area contributed by atoms with Gasteiger partial charge in [0.2, 0.25) is 0 Å². The van der Waals surface area contributed by atoms with Gasteiger partial charge in [0.1, 0.15) is 11.6 Å². The monoisotopic (exact) mass is 442 g/mol. The molecule has 31 heavy (non-hydrogen) atoms. The van der Waals surface area contributed by atoms with E-state index in [1.807, 2.05) is 18.7 Å². The van der Waals surface area contributed by atoms with Crippen LogP contribution in [0, 0.1) is 12.7 Å². The van der Waals surface area contributed by atoms with Crippen molar-refractivity contribution in [2.45, 2.75) is 26.4 Å². The van der Waals surface area contributed by atoms with Crippen LogP contribution in [0.1, 0.15) is 34.8 Å². The van der Waals surface area contributed by atoms with Crippen LogP contribution in [0.5, 0.6) is 0 Å². The maximum Gasteiger partial charge on any atom is 0.254 e. The van der Waals surface area contributed by atoms with Gasteiger partial charge in [0.05, 0.1) is 24.9 Å². The first-order chi connectivity index (χ1) is 15.0. The molecule has 0 aliphatic carbocycles. The van der Waals surface area contributed by atoms with E-state index in [2.05, 4.69) is 18.8 Å². The van der Waals surface area contributed by atoms with Gasteiger partial charge in [0, 0.05) is 31.7 Å². The summed E-state index contributed by atoms with van der Waals surface area (Å²) in [6.45, 7) is 7.82. The summed E-state index contributed by atoms with van der Waals surface area (Å²) in [5.41, 5.74) is 1.47. The van der Waals surface area contributed by atoms with Crippen LogP contribution in [-0.2, 0) is 11.3 Å². The molecule has 1 atom stereocenters. The molecule has 1 unspecified atom stereocenters. The number of hydrogen-bond donors (Lipinski definition) is 0. The van der Waals surface area contributed by atoms with E-state index in [1.54, 1.807) is 0 Å². The molecular formula is C21H23FN6O2S. The maximum absolute atomic E-state index is 13.3. The lowest BCUT2D eigenvalue weighted by Crippen LogP contribution is -2.43. The molecule has 2 aliphatic rings. The van der Waals surface area contributed by atoms with Crippen molar-refractivity contribution < 1.29 is 13.9 Å². The zero-order chi connectivity index (χ0) is 21.5. The van der Waals surface area contributed by atoms with Crippen molar-refractivity contribution in [2.75, 3.05) is 37.7 Å². The van der Waals surface area contributed by atoms with E-state index in [1.165, 1.54) is 35.8 Å². The van der Waals surface area contributed by atoms with Gasteiger partial charge < -0.3 is 19.1 Å². The first-order valence-corrected chi connectivity index (χ1v) is 11.1. The summed E-state index contributed by atoms with van der Waals surface area (Å²) in [4.78, 5) is 26.8. The van der Waals surface area contributed by atoms with Crippen LogP contribution in [0.3, 0.4) is 0 Å². The second-order valence-electron chi connectivity index (χ2n) is 7.72. The lowest BCUT2D eigenvalue weighted by Gasteiger charge is -2.37. The Morgan fingerprint density at radius 3 is 2.55 bits per heavy atom. The topological polar surface area (TPSA) is 76.4 Å². The normalized spacial score (nSPS) is 18.9. The van der Waals surface area contributed by atoms with E-state index in [0.717, 1.165) is 41.3 Å². The van der Waals surface area contributed by atoms with E-state index in [9.17, 15) is 9.18 Å². The van der Waals surface area contributed by atoms with Gasteiger partial charge in [-0.25, -0.2) is 14.4 Å². The first kappa shape index (κ1) is 20.1. The predicted molar refractivity (Wildman–Crippen MR) is 115 cm³/mol. The standard InChI is InChI=1S/C21H23FN6O2S/c1-13-17-18(26-9-11-30-12-10-26)24-19(20-23-14(2)25-31-20)28(17)8-7-27(13)21(29)15-3-5-16(22)6-4-15/h3-6,13H,7-12H2,1-2H3. The molecule has 0 radical (unpaired) electrons. The number of aryl methyl sites for hydroxylation is 1. The summed E-state index contributed by atoms with van der Waals surface area (Å²) in [6.07, 6.45) is 0. The Hall–Kier alpha value is -2.85. The third kappa shape index (κ3) is 3.59. The van der Waals surface area contributed by atoms with E-state index in [-0.39, 0.29) is 17.8 Å². The molecule has 2 aliphatic heterocycles. The maximum atomic E-state index is 13.3. The highest BCUT2D eigenvalue weighted by molar-refractivity contribution is 7.09. The van der Waals surface area contributed by atoms with Crippen LogP contribution < -0.4 is 4.90 Å². The Morgan fingerprint density at radius 1 is 1.13 bits per heavy atom. The van der Waals surface area contributed by atoms with E-state index < -0.39 is 0 Å². The Bertz CT molecular complexity index is 1110. The molecule has 1 fully saturated rings. The lowest BCUT2D eigenvalue weighted by molar-refractivity contribution is 0.0644. The van der Waals surface area contributed by atoms with Gasteiger partial charge in [-0.15, -0.1) is 0 Å². The Balaban J connectivity index is 1.55. The number of hydrogen-bond acceptors (Lipinski definition) is 7. The van der Waals surface area contributed by atoms with Crippen LogP contribution in [-0.4, -0.2) is 62.6 Å². The van der Waals surface area contributed by atoms with Crippen molar-refractivity contribution in [3.05, 3.63) is 47.2 Å². The molecule has 0 bridgehead atoms. The highest BCUT2D eigenvalue weighted by Gasteiger charge is 2.36. The summed E-state index contributed by atoms with van der Waals surface area (Å²) < 4.78 is 25.3. The molecule has 3 aromatic rings. The average molecular weight is 443 g/mol. The molecule has 4 heterocycles. The molecule has 1 aromatic carbocycles. The molecule has 8 nitrogen and oxygen atoms in total. The number of ether oxygens (including phenoxy) is 1. The Kier molecular flexibility index (Phi) is 5.19. The number of halogens is 1. The van der Waals surface area contributed by atoms with Crippen molar-refractivity contribution in [3.63, 3.8) is 0 Å². The molecular weight excluding hydrogens is 419 g/mol. The number of benzene rings is 1. The fourth-order valence-corrected chi connectivity index (χ4v) is 4.91. The number of fused-ring (bicyclic) bond motifs is 1. The number of carbonyl (C=O) groups excluding carboxylic acids is 1. The van der Waals surface area contributed by atoms with Crippen molar-refractivity contribution in [1.29, 1.82) is 0 Å². The van der Waals surface area contributed by atoms with Crippen LogP contribution >= 0.6 is 11.5 Å². The lowest BCUT2D eigenvalue weighted by atomic mass is 10.1. The summed E-state index contributed by atoms with van der Waals surface area (Å²) in [5.74, 6) is 1.93. The quantitative estimate of drug-likeness (QED) is 0.621.